The summed E-state index contributed by atoms with van der Waals surface area (Å²) in [5.41, 5.74) is 1.77. The van der Waals surface area contributed by atoms with Crippen LogP contribution in [0.15, 0.2) is 11.6 Å². The molecule has 0 aromatic rings. The van der Waals surface area contributed by atoms with Gasteiger partial charge in [0, 0.05) is 32.8 Å². The third-order valence-corrected chi connectivity index (χ3v) is 7.84. The van der Waals surface area contributed by atoms with Gasteiger partial charge in [-0.25, -0.2) is 0 Å². The minimum Gasteiger partial charge on any atom is -0.439 e. The maximum Gasteiger partial charge on any atom is 0.282 e. The molecule has 0 spiro atoms. The number of hydrogen-bond donors (Lipinski definition) is 2. The van der Waals surface area contributed by atoms with Crippen LogP contribution >= 0.6 is 0 Å². The van der Waals surface area contributed by atoms with Crippen molar-refractivity contribution in [2.45, 2.75) is 70.3 Å². The van der Waals surface area contributed by atoms with Gasteiger partial charge in [0.25, 0.3) is 7.48 Å². The molecule has 0 radical (unpaired) electrons. The lowest BCUT2D eigenvalue weighted by Crippen LogP contribution is -2.48. The van der Waals surface area contributed by atoms with Gasteiger partial charge in [0.05, 0.1) is 0 Å². The van der Waals surface area contributed by atoms with E-state index < -0.39 is 0 Å². The number of nitrogens with zero attached hydrogens (tertiary/aromatic N) is 1. The molecule has 1 saturated heterocycles. The summed E-state index contributed by atoms with van der Waals surface area (Å²) in [5, 5.41) is 14.0. The van der Waals surface area contributed by atoms with E-state index in [-0.39, 0.29) is 6.23 Å². The van der Waals surface area contributed by atoms with Crippen LogP contribution in [0.3, 0.4) is 0 Å². The van der Waals surface area contributed by atoms with E-state index in [1.54, 1.807) is 5.57 Å². The molecule has 3 aliphatic carbocycles. The summed E-state index contributed by atoms with van der Waals surface area (Å²) in [6.07, 6.45) is 12.4. The quantitative estimate of drug-likeness (QED) is 0.351. The van der Waals surface area contributed by atoms with Gasteiger partial charge in [0.1, 0.15) is 6.23 Å². The average molecular weight is 374 g/mol. The predicted molar refractivity (Wildman–Crippen MR) is 112 cm³/mol. The first kappa shape index (κ1) is 19.9. The van der Waals surface area contributed by atoms with E-state index in [4.69, 9.17) is 4.65 Å². The van der Waals surface area contributed by atoms with Gasteiger partial charge in [-0.15, -0.1) is 0 Å². The van der Waals surface area contributed by atoms with Gasteiger partial charge in [-0.05, 0) is 68.0 Å². The van der Waals surface area contributed by atoms with Crippen molar-refractivity contribution in [1.82, 2.24) is 10.2 Å². The largest absolute Gasteiger partial charge is 0.439 e. The smallest absolute Gasteiger partial charge is 0.282 e. The molecule has 1 aliphatic heterocycles. The highest BCUT2D eigenvalue weighted by atomic mass is 16.4. The number of aliphatic hydroxyl groups is 1. The Hall–Kier alpha value is -0.355. The number of nitrogens with one attached hydrogen (secondary N) is 1. The number of hydrogen-bond acceptors (Lipinski definition) is 4. The SMILES string of the molecule is CCCC(CCOB[C@H]1C=C2CCC3CC1C[C@@H]23)C[C@H](O)N1CCNCC1. The fourth-order valence-electron chi connectivity index (χ4n) is 6.32. The van der Waals surface area contributed by atoms with Crippen molar-refractivity contribution in [3.8, 4) is 0 Å². The molecule has 0 amide bonds. The van der Waals surface area contributed by atoms with Crippen LogP contribution in [0.25, 0.3) is 0 Å². The van der Waals surface area contributed by atoms with Gasteiger partial charge in [-0.2, -0.15) is 0 Å². The Bertz CT molecular complexity index is 509. The topological polar surface area (TPSA) is 44.7 Å². The Morgan fingerprint density at radius 2 is 2.11 bits per heavy atom. The monoisotopic (exact) mass is 374 g/mol. The first-order valence-corrected chi connectivity index (χ1v) is 11.7. The Balaban J connectivity index is 1.18. The highest BCUT2D eigenvalue weighted by Gasteiger charge is 2.46. The van der Waals surface area contributed by atoms with Crippen LogP contribution in [0.2, 0.25) is 5.82 Å². The molecule has 0 aromatic carbocycles. The third-order valence-electron chi connectivity index (χ3n) is 7.84. The fraction of sp³-hybridized carbons (Fsp3) is 0.909. The van der Waals surface area contributed by atoms with Crippen LogP contribution in [-0.4, -0.2) is 56.5 Å². The van der Waals surface area contributed by atoms with Crippen molar-refractivity contribution in [2.75, 3.05) is 32.8 Å². The predicted octanol–water partition coefficient (Wildman–Crippen LogP) is 2.94. The maximum absolute atomic E-state index is 10.6. The van der Waals surface area contributed by atoms with Gasteiger partial charge in [-0.3, -0.25) is 4.90 Å². The fourth-order valence-corrected chi connectivity index (χ4v) is 6.32. The summed E-state index contributed by atoms with van der Waals surface area (Å²) in [6.45, 7) is 7.05. The molecule has 152 valence electrons. The molecule has 1 heterocycles. The molecule has 3 unspecified atom stereocenters. The van der Waals surface area contributed by atoms with E-state index in [0.29, 0.717) is 11.7 Å². The summed E-state index contributed by atoms with van der Waals surface area (Å²) in [5.74, 6) is 4.11. The first-order valence-electron chi connectivity index (χ1n) is 11.7. The highest BCUT2D eigenvalue weighted by molar-refractivity contribution is 6.30. The van der Waals surface area contributed by atoms with Gasteiger partial charge >= 0.3 is 0 Å². The lowest BCUT2D eigenvalue weighted by Gasteiger charge is -2.33. The van der Waals surface area contributed by atoms with E-state index in [1.165, 1.54) is 38.5 Å². The van der Waals surface area contributed by atoms with Gasteiger partial charge < -0.3 is 15.1 Å². The summed E-state index contributed by atoms with van der Waals surface area (Å²) < 4.78 is 6.19. The molecular weight excluding hydrogens is 335 g/mol. The van der Waals surface area contributed by atoms with Crippen molar-refractivity contribution in [3.63, 3.8) is 0 Å². The molecule has 27 heavy (non-hydrogen) atoms. The van der Waals surface area contributed by atoms with Crippen LogP contribution in [-0.2, 0) is 4.65 Å². The molecule has 2 bridgehead atoms. The van der Waals surface area contributed by atoms with Crippen molar-refractivity contribution in [2.24, 2.45) is 23.7 Å². The van der Waals surface area contributed by atoms with Crippen molar-refractivity contribution in [1.29, 1.82) is 0 Å². The molecule has 2 N–H and O–H groups in total. The standard InChI is InChI=1S/C22H39BN2O2/c1-2-3-16(12-22(26)25-9-7-24-8-10-25)6-11-27-23-21-15-18-5-4-17-13-19(21)14-20(17)18/h15-17,19-24,26H,2-14H2,1H3/t16?,17?,19?,20-,21+,22+/m1/s1. The molecule has 0 aromatic heterocycles. The van der Waals surface area contributed by atoms with Crippen LogP contribution in [0.5, 0.6) is 0 Å². The minimum absolute atomic E-state index is 0.280. The van der Waals surface area contributed by atoms with Crippen LogP contribution in [0, 0.1) is 23.7 Å². The van der Waals surface area contributed by atoms with E-state index in [0.717, 1.165) is 70.9 Å². The summed E-state index contributed by atoms with van der Waals surface area (Å²) in [4.78, 5) is 2.24. The second kappa shape index (κ2) is 9.43. The Kier molecular flexibility index (Phi) is 6.96. The Morgan fingerprint density at radius 1 is 1.26 bits per heavy atom. The summed E-state index contributed by atoms with van der Waals surface area (Å²) >= 11 is 0. The zero-order valence-corrected chi connectivity index (χ0v) is 17.2. The molecule has 5 heteroatoms. The Labute approximate surface area is 166 Å². The molecule has 4 rings (SSSR count). The molecular formula is C22H39BN2O2. The molecule has 4 nitrogen and oxygen atoms in total. The van der Waals surface area contributed by atoms with E-state index in [1.807, 2.05) is 0 Å². The summed E-state index contributed by atoms with van der Waals surface area (Å²) in [6, 6.07) is 0. The van der Waals surface area contributed by atoms with E-state index >= 15 is 0 Å². The van der Waals surface area contributed by atoms with Gasteiger partial charge in [0.2, 0.25) is 0 Å². The lowest BCUT2D eigenvalue weighted by molar-refractivity contribution is -0.0225. The number of piperazine rings is 1. The van der Waals surface area contributed by atoms with Gasteiger partial charge in [0.15, 0.2) is 0 Å². The molecule has 2 saturated carbocycles. The lowest BCUT2D eigenvalue weighted by atomic mass is 9.66. The number of allylic oxidation sites excluding steroid dienone is 2. The van der Waals surface area contributed by atoms with Gasteiger partial charge in [-0.1, -0.05) is 31.4 Å². The summed E-state index contributed by atoms with van der Waals surface area (Å²) in [7, 11) is 0.923. The maximum atomic E-state index is 10.6. The first-order chi connectivity index (χ1) is 13.2. The third kappa shape index (κ3) is 4.80. The highest BCUT2D eigenvalue weighted by Crippen LogP contribution is 2.57. The zero-order valence-electron chi connectivity index (χ0n) is 17.2. The molecule has 6 atom stereocenters. The van der Waals surface area contributed by atoms with E-state index in [2.05, 4.69) is 23.2 Å². The number of rotatable bonds is 10. The van der Waals surface area contributed by atoms with Crippen LogP contribution in [0.4, 0.5) is 0 Å². The normalized spacial score (nSPS) is 35.1. The van der Waals surface area contributed by atoms with Crippen molar-refractivity contribution >= 4 is 7.48 Å². The average Bonchev–Trinajstić information content (AvgIpc) is 3.23. The van der Waals surface area contributed by atoms with Crippen molar-refractivity contribution < 1.29 is 9.76 Å². The number of fused-ring (bicyclic) bond motifs is 1. The minimum atomic E-state index is -0.280. The van der Waals surface area contributed by atoms with E-state index in [9.17, 15) is 5.11 Å². The van der Waals surface area contributed by atoms with Crippen LogP contribution in [0.1, 0.15) is 58.3 Å². The second-order valence-electron chi connectivity index (χ2n) is 9.56. The molecule has 4 aliphatic rings. The zero-order chi connectivity index (χ0) is 18.6. The number of aliphatic hydroxyl groups excluding tert-OH is 1. The second-order valence-corrected chi connectivity index (χ2v) is 9.56. The Morgan fingerprint density at radius 3 is 2.93 bits per heavy atom. The van der Waals surface area contributed by atoms with Crippen molar-refractivity contribution in [3.05, 3.63) is 11.6 Å². The molecule has 3 fully saturated rings. The van der Waals surface area contributed by atoms with Crippen LogP contribution < -0.4 is 5.32 Å².